The lowest BCUT2D eigenvalue weighted by Gasteiger charge is -2.19. The minimum absolute atomic E-state index is 0.0793. The zero-order valence-corrected chi connectivity index (χ0v) is 27.9. The van der Waals surface area contributed by atoms with Crippen molar-refractivity contribution in [2.24, 2.45) is 7.05 Å². The Bertz CT molecular complexity index is 1860. The number of carbonyl (C=O) groups excluding carboxylic acids is 2. The topological polar surface area (TPSA) is 159 Å². The number of fused-ring (bicyclic) bond motifs is 3. The van der Waals surface area contributed by atoms with Gasteiger partial charge in [-0.2, -0.15) is 4.80 Å². The number of ether oxygens (including phenoxy) is 3. The number of unbranched alkanes of at least 4 members (excludes halogenated alkanes) is 2. The van der Waals surface area contributed by atoms with Crippen molar-refractivity contribution in [1.29, 1.82) is 0 Å². The summed E-state index contributed by atoms with van der Waals surface area (Å²) < 4.78 is 17.1. The maximum absolute atomic E-state index is 13.5. The lowest BCUT2D eigenvalue weighted by molar-refractivity contribution is -0.119. The lowest BCUT2D eigenvalue weighted by atomic mass is 9.95. The molecule has 4 aromatic rings. The Morgan fingerprint density at radius 3 is 2.50 bits per heavy atom. The summed E-state index contributed by atoms with van der Waals surface area (Å²) >= 11 is 0. The third-order valence-corrected chi connectivity index (χ3v) is 8.22. The molecule has 1 aromatic heterocycles. The molecule has 2 amide bonds. The highest BCUT2D eigenvalue weighted by Gasteiger charge is 2.29. The van der Waals surface area contributed by atoms with Crippen molar-refractivity contribution >= 4 is 23.2 Å². The van der Waals surface area contributed by atoms with Crippen molar-refractivity contribution in [2.75, 3.05) is 38.5 Å². The number of hydrogen-bond donors (Lipinski definition) is 3. The first-order valence-corrected chi connectivity index (χ1v) is 15.9. The average molecular weight is 656 g/mol. The van der Waals surface area contributed by atoms with Crippen molar-refractivity contribution in [3.63, 3.8) is 0 Å². The van der Waals surface area contributed by atoms with E-state index in [0.29, 0.717) is 72.2 Å². The van der Waals surface area contributed by atoms with Gasteiger partial charge in [0.15, 0.2) is 11.5 Å². The first kappa shape index (κ1) is 33.9. The van der Waals surface area contributed by atoms with Crippen molar-refractivity contribution in [1.82, 2.24) is 25.5 Å². The largest absolute Gasteiger partial charge is 0.493 e. The molecule has 3 N–H and O–H groups in total. The first-order chi connectivity index (χ1) is 23.2. The van der Waals surface area contributed by atoms with E-state index in [2.05, 4.69) is 31.4 Å². The van der Waals surface area contributed by atoms with Crippen molar-refractivity contribution in [3.05, 3.63) is 69.9 Å². The molecule has 13 heteroatoms. The van der Waals surface area contributed by atoms with Gasteiger partial charge in [0, 0.05) is 36.7 Å². The predicted molar refractivity (Wildman–Crippen MR) is 183 cm³/mol. The summed E-state index contributed by atoms with van der Waals surface area (Å²) in [4.78, 5) is 39.7. The summed E-state index contributed by atoms with van der Waals surface area (Å²) in [6.07, 6.45) is 3.83. The highest BCUT2D eigenvalue weighted by molar-refractivity contribution is 5.91. The Kier molecular flexibility index (Phi) is 10.9. The molecule has 1 heterocycles. The number of anilines is 2. The van der Waals surface area contributed by atoms with E-state index in [1.54, 1.807) is 40.5 Å². The highest BCUT2D eigenvalue weighted by Crippen LogP contribution is 2.50. The molecule has 1 unspecified atom stereocenters. The molecular weight excluding hydrogens is 614 g/mol. The second kappa shape index (κ2) is 15.4. The van der Waals surface area contributed by atoms with E-state index < -0.39 is 0 Å². The van der Waals surface area contributed by atoms with E-state index in [1.165, 1.54) is 11.7 Å². The standard InChI is InChI=1S/C35H41N7O6/c1-21(43)37-27-15-13-22-19-30(46-3)33(47-4)34(48-5)32(22)25-14-16-28(29(44)20-26(25)27)36-17-8-6-7-12-31(45)38-24-11-9-10-23(18-24)35-39-41-42(2)40-35/h9-11,14,16,18-20,27H,6-8,12-13,15,17H2,1-5H3,(H,36,44)(H,37,43)(H,38,45). The van der Waals surface area contributed by atoms with Gasteiger partial charge >= 0.3 is 0 Å². The summed E-state index contributed by atoms with van der Waals surface area (Å²) in [5.74, 6) is 1.73. The van der Waals surface area contributed by atoms with Crippen LogP contribution >= 0.6 is 0 Å². The number of nitrogens with one attached hydrogen (secondary N) is 3. The molecule has 48 heavy (non-hydrogen) atoms. The molecule has 0 bridgehead atoms. The minimum atomic E-state index is -0.378. The summed E-state index contributed by atoms with van der Waals surface area (Å²) in [6.45, 7) is 2.03. The molecule has 1 aliphatic rings. The number of tetrazole rings is 1. The summed E-state index contributed by atoms with van der Waals surface area (Å²) in [5.41, 5.74) is 4.94. The number of methoxy groups -OCH3 is 3. The quantitative estimate of drug-likeness (QED) is 0.173. The number of nitrogens with zero attached hydrogens (tertiary/aromatic N) is 4. The number of carbonyl (C=O) groups is 2. The van der Waals surface area contributed by atoms with Gasteiger partial charge in [0.2, 0.25) is 28.8 Å². The molecule has 0 fully saturated rings. The molecule has 13 nitrogen and oxygen atoms in total. The highest BCUT2D eigenvalue weighted by atomic mass is 16.5. The van der Waals surface area contributed by atoms with E-state index in [-0.39, 0.29) is 23.3 Å². The number of rotatable bonds is 13. The molecule has 0 spiro atoms. The van der Waals surface area contributed by atoms with Crippen molar-refractivity contribution in [3.8, 4) is 39.8 Å². The van der Waals surface area contributed by atoms with Crippen LogP contribution in [0.3, 0.4) is 0 Å². The lowest BCUT2D eigenvalue weighted by Crippen LogP contribution is -2.26. The molecule has 0 saturated heterocycles. The fourth-order valence-electron chi connectivity index (χ4n) is 6.02. The number of hydrogen-bond acceptors (Lipinski definition) is 10. The predicted octanol–water partition coefficient (Wildman–Crippen LogP) is 4.66. The molecule has 252 valence electrons. The van der Waals surface area contributed by atoms with Gasteiger partial charge in [-0.25, -0.2) is 0 Å². The van der Waals surface area contributed by atoms with Crippen LogP contribution in [0, 0.1) is 0 Å². The van der Waals surface area contributed by atoms with Gasteiger partial charge in [0.25, 0.3) is 0 Å². The Balaban J connectivity index is 1.25. The van der Waals surface area contributed by atoms with Gasteiger partial charge in [-0.1, -0.05) is 24.6 Å². The number of amides is 2. The van der Waals surface area contributed by atoms with Gasteiger partial charge in [0.1, 0.15) is 0 Å². The molecule has 1 aliphatic carbocycles. The number of aryl methyl sites for hydroxylation is 2. The van der Waals surface area contributed by atoms with E-state index in [9.17, 15) is 14.4 Å². The second-order valence-corrected chi connectivity index (χ2v) is 11.6. The van der Waals surface area contributed by atoms with Crippen LogP contribution in [0.4, 0.5) is 11.4 Å². The van der Waals surface area contributed by atoms with Gasteiger partial charge in [0.05, 0.1) is 40.1 Å². The molecule has 0 radical (unpaired) electrons. The zero-order chi connectivity index (χ0) is 34.2. The molecule has 3 aromatic carbocycles. The van der Waals surface area contributed by atoms with Gasteiger partial charge in [-0.15, -0.1) is 10.2 Å². The molecule has 5 rings (SSSR count). The van der Waals surface area contributed by atoms with Crippen molar-refractivity contribution < 1.29 is 23.8 Å². The Labute approximate surface area is 279 Å². The van der Waals surface area contributed by atoms with Crippen LogP contribution in [-0.2, 0) is 23.1 Å². The average Bonchev–Trinajstić information content (AvgIpc) is 3.38. The maximum Gasteiger partial charge on any atom is 0.224 e. The van der Waals surface area contributed by atoms with Gasteiger partial charge in [-0.3, -0.25) is 14.4 Å². The van der Waals surface area contributed by atoms with Gasteiger partial charge < -0.3 is 30.2 Å². The minimum Gasteiger partial charge on any atom is -0.493 e. The molecule has 0 saturated carbocycles. The van der Waals surface area contributed by atoms with Crippen LogP contribution in [0.1, 0.15) is 56.2 Å². The molecular formula is C35H41N7O6. The third-order valence-electron chi connectivity index (χ3n) is 8.22. The first-order valence-electron chi connectivity index (χ1n) is 15.9. The van der Waals surface area contributed by atoms with E-state index in [4.69, 9.17) is 14.2 Å². The molecule has 0 aliphatic heterocycles. The fourth-order valence-corrected chi connectivity index (χ4v) is 6.02. The Morgan fingerprint density at radius 1 is 0.979 bits per heavy atom. The van der Waals surface area contributed by atoms with Gasteiger partial charge in [-0.05, 0) is 77.9 Å². The van der Waals surface area contributed by atoms with Crippen LogP contribution in [0.25, 0.3) is 22.5 Å². The summed E-state index contributed by atoms with van der Waals surface area (Å²) in [7, 11) is 6.40. The molecule has 1 atom stereocenters. The van der Waals surface area contributed by atoms with E-state index in [1.807, 2.05) is 36.4 Å². The summed E-state index contributed by atoms with van der Waals surface area (Å²) in [6, 6.07) is 14.2. The third kappa shape index (κ3) is 7.73. The normalized spacial score (nSPS) is 13.4. The SMILES string of the molecule is COc1cc2c(c(OC)c1OC)-c1ccc(NCCCCCC(=O)Nc3cccc(-c4nnn(C)n4)c3)c(=O)cc1C(NC(C)=O)CC2. The van der Waals surface area contributed by atoms with E-state index in [0.717, 1.165) is 35.1 Å². The van der Waals surface area contributed by atoms with E-state index >= 15 is 0 Å². The summed E-state index contributed by atoms with van der Waals surface area (Å²) in [5, 5.41) is 21.3. The smallest absolute Gasteiger partial charge is 0.224 e. The zero-order valence-electron chi connectivity index (χ0n) is 27.9. The second-order valence-electron chi connectivity index (χ2n) is 11.6. The maximum atomic E-state index is 13.5. The Morgan fingerprint density at radius 2 is 1.79 bits per heavy atom. The Hall–Kier alpha value is -5.46. The van der Waals surface area contributed by atoms with Crippen LogP contribution in [0.2, 0.25) is 0 Å². The van der Waals surface area contributed by atoms with Crippen molar-refractivity contribution in [2.45, 2.75) is 51.5 Å². The van der Waals surface area contributed by atoms with Crippen LogP contribution in [-0.4, -0.2) is 59.9 Å². The van der Waals surface area contributed by atoms with Crippen LogP contribution in [0.5, 0.6) is 17.2 Å². The fraction of sp³-hybridized carbons (Fsp3) is 0.371. The van der Waals surface area contributed by atoms with Crippen LogP contribution < -0.4 is 35.6 Å². The van der Waals surface area contributed by atoms with Crippen LogP contribution in [0.15, 0.2) is 53.3 Å². The number of benzene rings is 2. The monoisotopic (exact) mass is 655 g/mol. The number of aromatic nitrogens is 4.